The van der Waals surface area contributed by atoms with Gasteiger partial charge in [-0.15, -0.1) is 0 Å². The number of likely N-dealkylation sites (tertiary alicyclic amines) is 1. The number of benzene rings is 1. The van der Waals surface area contributed by atoms with Crippen LogP contribution in [0, 0.1) is 11.6 Å². The van der Waals surface area contributed by atoms with Crippen molar-refractivity contribution < 1.29 is 32.6 Å². The first-order valence-electron chi connectivity index (χ1n) is 12.3. The van der Waals surface area contributed by atoms with Crippen LogP contribution in [0.1, 0.15) is 56.8 Å². The first-order chi connectivity index (χ1) is 17.4. The van der Waals surface area contributed by atoms with Crippen molar-refractivity contribution in [3.05, 3.63) is 35.9 Å². The van der Waals surface area contributed by atoms with Gasteiger partial charge in [0.25, 0.3) is 0 Å². The van der Waals surface area contributed by atoms with Crippen LogP contribution in [0.25, 0.3) is 0 Å². The van der Waals surface area contributed by atoms with Crippen LogP contribution in [0.2, 0.25) is 0 Å². The van der Waals surface area contributed by atoms with Gasteiger partial charge in [-0.25, -0.2) is 18.4 Å². The van der Waals surface area contributed by atoms with Crippen LogP contribution in [0.5, 0.6) is 0 Å². The summed E-state index contributed by atoms with van der Waals surface area (Å²) in [5, 5.41) is 2.75. The topological polar surface area (TPSA) is 126 Å². The number of nitrogens with two attached hydrogens (primary N) is 1. The van der Waals surface area contributed by atoms with Gasteiger partial charge in [0.2, 0.25) is 11.3 Å². The highest BCUT2D eigenvalue weighted by atomic mass is 19.1. The average molecular weight is 522 g/mol. The van der Waals surface area contributed by atoms with E-state index < -0.39 is 52.5 Å². The molecule has 1 aromatic rings. The number of hydrogen-bond acceptors (Lipinski definition) is 9. The SMILES string of the molecule is C=CCOC(=O)C1(N2CCCC2NC(=O)OC(C)(C)C)CN(C2CC2)c2c(F)cc(F)c(NN)c2C1=O. The summed E-state index contributed by atoms with van der Waals surface area (Å²) in [7, 11) is 0. The number of amides is 1. The number of nitrogens with zero attached hydrogens (tertiary/aromatic N) is 2. The molecular formula is C25H33F2N5O5. The summed E-state index contributed by atoms with van der Waals surface area (Å²) >= 11 is 0. The third-order valence-corrected chi connectivity index (χ3v) is 6.72. The maximum absolute atomic E-state index is 15.2. The van der Waals surface area contributed by atoms with Crippen LogP contribution in [0.4, 0.5) is 25.0 Å². The van der Waals surface area contributed by atoms with Crippen molar-refractivity contribution >= 4 is 29.2 Å². The summed E-state index contributed by atoms with van der Waals surface area (Å²) in [4.78, 5) is 43.9. The number of hydrogen-bond donors (Lipinski definition) is 3. The molecule has 12 heteroatoms. The number of ether oxygens (including phenoxy) is 2. The predicted octanol–water partition coefficient (Wildman–Crippen LogP) is 2.83. The maximum Gasteiger partial charge on any atom is 0.408 e. The molecule has 3 aliphatic rings. The van der Waals surface area contributed by atoms with E-state index in [1.165, 1.54) is 6.08 Å². The Labute approximate surface area is 214 Å². The number of carbonyl (C=O) groups excluding carboxylic acids is 3. The summed E-state index contributed by atoms with van der Waals surface area (Å²) in [6, 6.07) is 0.506. The normalized spacial score (nSPS) is 23.9. The largest absolute Gasteiger partial charge is 0.460 e. The number of fused-ring (bicyclic) bond motifs is 1. The number of hydrazine groups is 1. The number of halogens is 2. The quantitative estimate of drug-likeness (QED) is 0.163. The molecule has 0 spiro atoms. The average Bonchev–Trinajstić information content (AvgIpc) is 3.56. The zero-order chi connectivity index (χ0) is 27.1. The molecule has 2 heterocycles. The zero-order valence-corrected chi connectivity index (χ0v) is 21.2. The van der Waals surface area contributed by atoms with Gasteiger partial charge in [0.15, 0.2) is 5.82 Å². The highest BCUT2D eigenvalue weighted by Crippen LogP contribution is 2.47. The molecule has 4 N–H and O–H groups in total. The lowest BCUT2D eigenvalue weighted by Crippen LogP contribution is -2.71. The molecule has 1 saturated carbocycles. The fraction of sp³-hybridized carbons (Fsp3) is 0.560. The summed E-state index contributed by atoms with van der Waals surface area (Å²) < 4.78 is 40.8. The van der Waals surface area contributed by atoms with Gasteiger partial charge in [-0.2, -0.15) is 0 Å². The van der Waals surface area contributed by atoms with E-state index in [4.69, 9.17) is 15.3 Å². The van der Waals surface area contributed by atoms with E-state index in [2.05, 4.69) is 17.3 Å². The molecule has 0 aromatic heterocycles. The first kappa shape index (κ1) is 26.8. The Morgan fingerprint density at radius 3 is 2.57 bits per heavy atom. The smallest absolute Gasteiger partial charge is 0.408 e. The summed E-state index contributed by atoms with van der Waals surface area (Å²) in [5.41, 5.74) is -1.49. The second kappa shape index (κ2) is 9.90. The molecule has 2 aliphatic heterocycles. The Bertz CT molecular complexity index is 1120. The Morgan fingerprint density at radius 2 is 1.97 bits per heavy atom. The molecule has 10 nitrogen and oxygen atoms in total. The van der Waals surface area contributed by atoms with Crippen LogP contribution < -0.4 is 21.5 Å². The molecule has 2 atom stereocenters. The van der Waals surface area contributed by atoms with Crippen molar-refractivity contribution in [1.29, 1.82) is 0 Å². The van der Waals surface area contributed by atoms with Crippen LogP contribution in [-0.2, 0) is 14.3 Å². The van der Waals surface area contributed by atoms with Gasteiger partial charge in [0.1, 0.15) is 18.0 Å². The van der Waals surface area contributed by atoms with Crippen LogP contribution in [0.3, 0.4) is 0 Å². The van der Waals surface area contributed by atoms with Gasteiger partial charge in [0, 0.05) is 18.7 Å². The summed E-state index contributed by atoms with van der Waals surface area (Å²) in [6.07, 6.45) is 2.23. The molecule has 37 heavy (non-hydrogen) atoms. The maximum atomic E-state index is 15.2. The monoisotopic (exact) mass is 521 g/mol. The molecule has 202 valence electrons. The Morgan fingerprint density at radius 1 is 1.27 bits per heavy atom. The van der Waals surface area contributed by atoms with Gasteiger partial charge >= 0.3 is 12.1 Å². The minimum Gasteiger partial charge on any atom is -0.460 e. The molecule has 2 unspecified atom stereocenters. The third-order valence-electron chi connectivity index (χ3n) is 6.72. The molecule has 0 radical (unpaired) electrons. The number of nitrogen functional groups attached to an aromatic ring is 1. The minimum absolute atomic E-state index is 0.107. The fourth-order valence-electron chi connectivity index (χ4n) is 5.12. The van der Waals surface area contributed by atoms with Crippen molar-refractivity contribution in [1.82, 2.24) is 10.2 Å². The third kappa shape index (κ3) is 4.87. The summed E-state index contributed by atoms with van der Waals surface area (Å²) in [6.45, 7) is 8.53. The molecular weight excluding hydrogens is 488 g/mol. The number of alkyl carbamates (subject to hydrolysis) is 1. The molecule has 1 saturated heterocycles. The lowest BCUT2D eigenvalue weighted by atomic mass is 9.80. The highest BCUT2D eigenvalue weighted by Gasteiger charge is 2.62. The number of nitrogens with one attached hydrogen (secondary N) is 2. The van der Waals surface area contributed by atoms with Gasteiger partial charge in [0.05, 0.1) is 29.6 Å². The van der Waals surface area contributed by atoms with Gasteiger partial charge < -0.3 is 25.1 Å². The number of Topliss-reactive ketones (excluding diaryl/α,β-unsaturated/α-hetero) is 1. The lowest BCUT2D eigenvalue weighted by molar-refractivity contribution is -0.154. The van der Waals surface area contributed by atoms with Crippen LogP contribution in [-0.4, -0.2) is 65.8 Å². The summed E-state index contributed by atoms with van der Waals surface area (Å²) in [5.74, 6) is 1.82. The minimum atomic E-state index is -2.01. The van der Waals surface area contributed by atoms with E-state index in [1.807, 2.05) is 0 Å². The van der Waals surface area contributed by atoms with Crippen molar-refractivity contribution in [2.75, 3.05) is 30.0 Å². The number of ketones is 1. The van der Waals surface area contributed by atoms with Crippen LogP contribution >= 0.6 is 0 Å². The van der Waals surface area contributed by atoms with Crippen molar-refractivity contribution in [2.45, 2.75) is 69.8 Å². The lowest BCUT2D eigenvalue weighted by Gasteiger charge is -2.48. The number of carbonyl (C=O) groups is 3. The zero-order valence-electron chi connectivity index (χ0n) is 21.2. The van der Waals surface area contributed by atoms with E-state index in [-0.39, 0.29) is 37.0 Å². The van der Waals surface area contributed by atoms with E-state index in [9.17, 15) is 18.8 Å². The van der Waals surface area contributed by atoms with Crippen molar-refractivity contribution in [3.8, 4) is 0 Å². The number of anilines is 2. The Balaban J connectivity index is 1.85. The molecule has 1 amide bonds. The Kier molecular flexibility index (Phi) is 7.17. The van der Waals surface area contributed by atoms with E-state index >= 15 is 4.39 Å². The predicted molar refractivity (Wildman–Crippen MR) is 132 cm³/mol. The second-order valence-electron chi connectivity index (χ2n) is 10.5. The Hall–Kier alpha value is -3.25. The van der Waals surface area contributed by atoms with Gasteiger partial charge in [-0.05, 0) is 46.5 Å². The van der Waals surface area contributed by atoms with Crippen molar-refractivity contribution in [2.24, 2.45) is 5.84 Å². The van der Waals surface area contributed by atoms with Crippen LogP contribution in [0.15, 0.2) is 18.7 Å². The van der Waals surface area contributed by atoms with E-state index in [0.29, 0.717) is 31.7 Å². The van der Waals surface area contributed by atoms with Crippen molar-refractivity contribution in [3.63, 3.8) is 0 Å². The number of esters is 1. The van der Waals surface area contributed by atoms with Gasteiger partial charge in [-0.3, -0.25) is 15.5 Å². The van der Waals surface area contributed by atoms with Gasteiger partial charge in [-0.1, -0.05) is 12.7 Å². The second-order valence-corrected chi connectivity index (χ2v) is 10.5. The highest BCUT2D eigenvalue weighted by molar-refractivity contribution is 6.23. The molecule has 1 aliphatic carbocycles. The molecule has 0 bridgehead atoms. The molecule has 4 rings (SSSR count). The van der Waals surface area contributed by atoms with E-state index in [1.54, 1.807) is 30.6 Å². The number of rotatable bonds is 7. The van der Waals surface area contributed by atoms with E-state index in [0.717, 1.165) is 0 Å². The fourth-order valence-corrected chi connectivity index (χ4v) is 5.12. The standard InChI is InChI=1S/C25H33F2N5O5/c1-5-11-36-22(34)25(32-10-6-7-17(32)29-23(35)37-24(2,3)4)13-31(14-8-9-14)20-16(27)12-15(26)19(30-28)18(20)21(25)33/h5,12,14,17,30H,1,6-11,13,28H2,2-4H3,(H,29,35). The first-order valence-corrected chi connectivity index (χ1v) is 12.3. The molecule has 1 aromatic carbocycles. The molecule has 2 fully saturated rings.